The molecule has 1 fully saturated rings. The molecule has 0 unspecified atom stereocenters. The number of H-pyrrole nitrogens is 1. The van der Waals surface area contributed by atoms with Gasteiger partial charge in [0.05, 0.1) is 12.3 Å². The van der Waals surface area contributed by atoms with E-state index in [0.717, 1.165) is 18.6 Å². The van der Waals surface area contributed by atoms with Gasteiger partial charge in [0.2, 0.25) is 5.71 Å². The third kappa shape index (κ3) is 5.93. The molecule has 0 atom stereocenters. The number of likely N-dealkylation sites (tertiary alicyclic amines) is 1. The van der Waals surface area contributed by atoms with Crippen molar-refractivity contribution in [3.05, 3.63) is 32.4 Å². The number of amides is 1. The second kappa shape index (κ2) is 10.2. The number of hydrogen-bond acceptors (Lipinski definition) is 8. The Morgan fingerprint density at radius 2 is 2.06 bits per heavy atom. The van der Waals surface area contributed by atoms with Crippen molar-refractivity contribution in [1.82, 2.24) is 14.9 Å². The number of aryl methyl sites for hydroxylation is 1. The van der Waals surface area contributed by atoms with E-state index in [1.165, 1.54) is 6.07 Å². The highest BCUT2D eigenvalue weighted by Crippen LogP contribution is 2.16. The molecule has 1 saturated heterocycles. The highest BCUT2D eigenvalue weighted by Gasteiger charge is 2.22. The predicted octanol–water partition coefficient (Wildman–Crippen LogP) is 2.84. The van der Waals surface area contributed by atoms with E-state index in [0.29, 0.717) is 44.5 Å². The largest absolute Gasteiger partial charge is 0.449 e. The van der Waals surface area contributed by atoms with Crippen LogP contribution in [0.15, 0.2) is 25.2 Å². The number of oxime groups is 1. The van der Waals surface area contributed by atoms with Gasteiger partial charge in [0.1, 0.15) is 5.39 Å². The summed E-state index contributed by atoms with van der Waals surface area (Å²) < 4.78 is 10.3. The van der Waals surface area contributed by atoms with Crippen LogP contribution in [0.3, 0.4) is 0 Å². The number of carbonyl (C=O) groups excluding carboxylic acids is 1. The lowest BCUT2D eigenvalue weighted by atomic mass is 10.1. The molecule has 1 amide bonds. The molecule has 0 radical (unpaired) electrons. The number of aromatic amines is 1. The molecule has 168 valence electrons. The molecular weight excluding hydrogens is 404 g/mol. The number of carbonyl (C=O) groups is 1. The average molecular weight is 432 g/mol. The van der Waals surface area contributed by atoms with Crippen LogP contribution in [0, 0.1) is 5.92 Å². The molecular formula is C21H28N4O6. The van der Waals surface area contributed by atoms with E-state index in [2.05, 4.69) is 15.1 Å². The summed E-state index contributed by atoms with van der Waals surface area (Å²) in [7, 11) is 0. The summed E-state index contributed by atoms with van der Waals surface area (Å²) in [6.45, 7) is 7.31. The molecule has 1 aliphatic heterocycles. The fraction of sp³-hybridized carbons (Fsp3) is 0.571. The third-order valence-corrected chi connectivity index (χ3v) is 4.87. The summed E-state index contributed by atoms with van der Waals surface area (Å²) in [6, 6.07) is 1.18. The molecule has 0 bridgehead atoms. The van der Waals surface area contributed by atoms with E-state index in [4.69, 9.17) is 14.0 Å². The van der Waals surface area contributed by atoms with Crippen LogP contribution in [0.25, 0.3) is 11.1 Å². The molecule has 0 saturated carbocycles. The Bertz CT molecular complexity index is 1060. The third-order valence-electron chi connectivity index (χ3n) is 4.87. The van der Waals surface area contributed by atoms with Gasteiger partial charge in [0, 0.05) is 32.0 Å². The van der Waals surface area contributed by atoms with Gasteiger partial charge in [0.25, 0.3) is 5.56 Å². The Balaban J connectivity index is 1.68. The fourth-order valence-corrected chi connectivity index (χ4v) is 3.21. The molecule has 10 nitrogen and oxygen atoms in total. The standard InChI is InChI=1S/C21H28N4O6/c1-4-5-6-14-11-16(26)30-19-17(14)18(27)22-20(23-19)31-24-15-7-9-25(10-8-15)21(28)29-12-13(2)3/h11,13H,4-10,12H2,1-3H3,(H,22,23,27). The average Bonchev–Trinajstić information content (AvgIpc) is 2.74. The Morgan fingerprint density at radius 1 is 1.32 bits per heavy atom. The van der Waals surface area contributed by atoms with Crippen LogP contribution in [0.4, 0.5) is 4.79 Å². The quantitative estimate of drug-likeness (QED) is 0.666. The number of rotatable bonds is 7. The monoisotopic (exact) mass is 432 g/mol. The normalized spacial score (nSPS) is 14.2. The van der Waals surface area contributed by atoms with Gasteiger partial charge < -0.3 is 18.9 Å². The summed E-state index contributed by atoms with van der Waals surface area (Å²) >= 11 is 0. The number of nitrogens with one attached hydrogen (secondary N) is 1. The molecule has 31 heavy (non-hydrogen) atoms. The molecule has 0 aromatic carbocycles. The molecule has 2 aromatic heterocycles. The number of nitrogens with zero attached hydrogens (tertiary/aromatic N) is 3. The second-order valence-corrected chi connectivity index (χ2v) is 7.95. The van der Waals surface area contributed by atoms with Gasteiger partial charge in [0.15, 0.2) is 0 Å². The van der Waals surface area contributed by atoms with Crippen molar-refractivity contribution in [2.75, 3.05) is 19.7 Å². The van der Waals surface area contributed by atoms with Crippen LogP contribution in [-0.2, 0) is 11.2 Å². The lowest BCUT2D eigenvalue weighted by Gasteiger charge is -2.26. The number of ether oxygens (including phenoxy) is 1. The van der Waals surface area contributed by atoms with Crippen molar-refractivity contribution < 1.29 is 18.8 Å². The summed E-state index contributed by atoms with van der Waals surface area (Å²) in [4.78, 5) is 49.9. The first-order valence-corrected chi connectivity index (χ1v) is 10.6. The van der Waals surface area contributed by atoms with Crippen molar-refractivity contribution in [3.8, 4) is 6.01 Å². The first-order chi connectivity index (χ1) is 14.9. The van der Waals surface area contributed by atoms with E-state index < -0.39 is 11.2 Å². The number of fused-ring (bicyclic) bond motifs is 1. The van der Waals surface area contributed by atoms with E-state index in [-0.39, 0.29) is 29.1 Å². The molecule has 10 heteroatoms. The smallest absolute Gasteiger partial charge is 0.409 e. The maximum Gasteiger partial charge on any atom is 0.409 e. The van der Waals surface area contributed by atoms with Crippen LogP contribution in [0.5, 0.6) is 6.01 Å². The molecule has 3 heterocycles. The van der Waals surface area contributed by atoms with Crippen LogP contribution < -0.4 is 16.0 Å². The van der Waals surface area contributed by atoms with Crippen molar-refractivity contribution in [2.24, 2.45) is 11.1 Å². The first kappa shape index (κ1) is 22.5. The number of hydrogen-bond donors (Lipinski definition) is 1. The Morgan fingerprint density at radius 3 is 2.74 bits per heavy atom. The van der Waals surface area contributed by atoms with Gasteiger partial charge in [-0.3, -0.25) is 9.78 Å². The molecule has 2 aromatic rings. The minimum Gasteiger partial charge on any atom is -0.449 e. The van der Waals surface area contributed by atoms with Gasteiger partial charge in [-0.1, -0.05) is 32.3 Å². The van der Waals surface area contributed by atoms with Crippen molar-refractivity contribution >= 4 is 22.9 Å². The maximum absolute atomic E-state index is 12.5. The van der Waals surface area contributed by atoms with Crippen molar-refractivity contribution in [2.45, 2.75) is 52.9 Å². The molecule has 0 spiro atoms. The van der Waals surface area contributed by atoms with Gasteiger partial charge in [-0.05, 0) is 24.3 Å². The van der Waals surface area contributed by atoms with Gasteiger partial charge in [-0.2, -0.15) is 4.98 Å². The number of aromatic nitrogens is 2. The van der Waals surface area contributed by atoms with E-state index in [9.17, 15) is 14.4 Å². The zero-order valence-electron chi connectivity index (χ0n) is 18.1. The van der Waals surface area contributed by atoms with E-state index in [1.807, 2.05) is 20.8 Å². The minimum absolute atomic E-state index is 0.0692. The summed E-state index contributed by atoms with van der Waals surface area (Å²) in [5.74, 6) is 0.281. The molecule has 1 aliphatic rings. The van der Waals surface area contributed by atoms with Crippen molar-refractivity contribution in [1.29, 1.82) is 0 Å². The molecule has 1 N–H and O–H groups in total. The summed E-state index contributed by atoms with van der Waals surface area (Å²) in [5, 5.41) is 4.30. The highest BCUT2D eigenvalue weighted by molar-refractivity contribution is 5.86. The number of piperidine rings is 1. The fourth-order valence-electron chi connectivity index (χ4n) is 3.21. The van der Waals surface area contributed by atoms with Crippen LogP contribution in [0.1, 0.15) is 52.0 Å². The molecule has 3 rings (SSSR count). The predicted molar refractivity (Wildman–Crippen MR) is 115 cm³/mol. The zero-order valence-corrected chi connectivity index (χ0v) is 18.1. The number of unbranched alkanes of at least 4 members (excludes halogenated alkanes) is 1. The second-order valence-electron chi connectivity index (χ2n) is 7.95. The van der Waals surface area contributed by atoms with Gasteiger partial charge in [-0.25, -0.2) is 9.59 Å². The van der Waals surface area contributed by atoms with Crippen LogP contribution in [0.2, 0.25) is 0 Å². The summed E-state index contributed by atoms with van der Waals surface area (Å²) in [5.41, 5.74) is 0.258. The molecule has 0 aliphatic carbocycles. The van der Waals surface area contributed by atoms with Gasteiger partial charge in [-0.15, -0.1) is 0 Å². The Labute approximate surface area is 179 Å². The Kier molecular flexibility index (Phi) is 7.43. The summed E-state index contributed by atoms with van der Waals surface area (Å²) in [6.07, 6.45) is 3.06. The Hall–Kier alpha value is -3.17. The lowest BCUT2D eigenvalue weighted by molar-refractivity contribution is 0.0916. The zero-order chi connectivity index (χ0) is 22.4. The highest BCUT2D eigenvalue weighted by atomic mass is 16.6. The van der Waals surface area contributed by atoms with E-state index in [1.54, 1.807) is 4.90 Å². The van der Waals surface area contributed by atoms with Gasteiger partial charge >= 0.3 is 17.7 Å². The SMILES string of the molecule is CCCCc1cc(=O)oc2nc(ON=C3CCN(C(=O)OCC(C)C)CC3)[nH]c(=O)c12. The van der Waals surface area contributed by atoms with Crippen LogP contribution >= 0.6 is 0 Å². The minimum atomic E-state index is -0.564. The van der Waals surface area contributed by atoms with E-state index >= 15 is 0 Å². The van der Waals surface area contributed by atoms with Crippen molar-refractivity contribution in [3.63, 3.8) is 0 Å². The van der Waals surface area contributed by atoms with Crippen LogP contribution in [-0.4, -0.2) is 46.4 Å². The lowest BCUT2D eigenvalue weighted by Crippen LogP contribution is -2.39. The first-order valence-electron chi connectivity index (χ1n) is 10.6. The maximum atomic E-state index is 12.5. The topological polar surface area (TPSA) is 127 Å².